The third kappa shape index (κ3) is 5.32. The van der Waals surface area contributed by atoms with E-state index in [0.29, 0.717) is 0 Å². The molecule has 0 spiro atoms. The largest absolute Gasteiger partial charge is 0.209 e. The molecule has 6 aromatic carbocycles. The molecule has 0 fully saturated rings. The Labute approximate surface area is 296 Å². The first-order chi connectivity index (χ1) is 24.7. The van der Waals surface area contributed by atoms with Crippen molar-refractivity contribution in [2.45, 2.75) is 46.0 Å². The second kappa shape index (κ2) is 12.8. The van der Waals surface area contributed by atoms with Crippen LogP contribution in [0.3, 0.4) is 0 Å². The average Bonchev–Trinajstić information content (AvgIpc) is 3.55. The molecule has 1 aliphatic rings. The van der Waals surface area contributed by atoms with Gasteiger partial charge in [0.25, 0.3) is 0 Å². The van der Waals surface area contributed by atoms with Crippen LogP contribution in [-0.4, -0.2) is 15.0 Å². The lowest BCUT2D eigenvalue weighted by atomic mass is 9.91. The van der Waals surface area contributed by atoms with Crippen molar-refractivity contribution in [3.63, 3.8) is 0 Å². The van der Waals surface area contributed by atoms with Crippen molar-refractivity contribution < 1.29 is 0 Å². The van der Waals surface area contributed by atoms with Crippen molar-refractivity contribution in [3.05, 3.63) is 143 Å². The lowest BCUT2D eigenvalue weighted by Gasteiger charge is -2.15. The fraction of sp³-hybridized carbons (Fsp3) is 0.152. The van der Waals surface area contributed by atoms with Gasteiger partial charge in [0.1, 0.15) is 0 Å². The Morgan fingerprint density at radius 2 is 1.22 bits per heavy atom. The van der Waals surface area contributed by atoms with Gasteiger partial charge in [-0.25, -0.2) is 15.0 Å². The maximum absolute atomic E-state index is 5.13. The number of benzene rings is 6. The Morgan fingerprint density at radius 1 is 0.600 bits per heavy atom. The number of hydrogen-bond donors (Lipinski definition) is 0. The van der Waals surface area contributed by atoms with Crippen LogP contribution in [0.4, 0.5) is 0 Å². The van der Waals surface area contributed by atoms with Crippen molar-refractivity contribution >= 4 is 71.0 Å². The van der Waals surface area contributed by atoms with Crippen LogP contribution in [0.2, 0.25) is 0 Å². The summed E-state index contributed by atoms with van der Waals surface area (Å²) in [5.74, 6) is 2.33. The highest BCUT2D eigenvalue weighted by Gasteiger charge is 2.21. The summed E-state index contributed by atoms with van der Waals surface area (Å²) >= 11 is 1.92. The van der Waals surface area contributed by atoms with Crippen LogP contribution >= 0.6 is 11.3 Å². The predicted molar refractivity (Wildman–Crippen MR) is 214 cm³/mol. The van der Waals surface area contributed by atoms with Gasteiger partial charge in [0.15, 0.2) is 17.5 Å². The van der Waals surface area contributed by atoms with Gasteiger partial charge in [0, 0.05) is 20.5 Å². The van der Waals surface area contributed by atoms with Crippen molar-refractivity contribution in [3.8, 4) is 22.5 Å². The molecule has 0 unspecified atom stereocenters. The molecule has 242 valence electrons. The van der Waals surface area contributed by atoms with E-state index in [2.05, 4.69) is 123 Å². The zero-order valence-corrected chi connectivity index (χ0v) is 29.2. The maximum atomic E-state index is 5.13. The molecule has 0 saturated carbocycles. The zero-order chi connectivity index (χ0) is 33.6. The van der Waals surface area contributed by atoms with Gasteiger partial charge >= 0.3 is 0 Å². The van der Waals surface area contributed by atoms with E-state index in [1.807, 2.05) is 29.5 Å². The number of nitrogens with zero attached hydrogens (tertiary/aromatic N) is 3. The quantitative estimate of drug-likeness (QED) is 0.159. The topological polar surface area (TPSA) is 38.7 Å². The van der Waals surface area contributed by atoms with Crippen LogP contribution in [0.15, 0.2) is 121 Å². The molecular weight excluding hydrogens is 627 g/mol. The molecule has 9 rings (SSSR count). The van der Waals surface area contributed by atoms with Crippen LogP contribution in [0, 0.1) is 0 Å². The molecule has 0 aliphatic heterocycles. The molecule has 0 radical (unpaired) electrons. The van der Waals surface area contributed by atoms with E-state index in [9.17, 15) is 0 Å². The highest BCUT2D eigenvalue weighted by atomic mass is 32.1. The number of thiophene rings is 1. The van der Waals surface area contributed by atoms with Gasteiger partial charge in [0.05, 0.1) is 0 Å². The molecular formula is C46H37N3S. The second-order valence-corrected chi connectivity index (χ2v) is 14.4. The maximum Gasteiger partial charge on any atom is 0.164 e. The minimum atomic E-state index is 0.738. The Kier molecular flexibility index (Phi) is 7.82. The summed E-state index contributed by atoms with van der Waals surface area (Å²) in [4.78, 5) is 16.6. The number of unbranched alkanes of at least 4 members (excludes halogenated alkanes) is 1. The first kappa shape index (κ1) is 30.6. The Hall–Kier alpha value is -5.45. The highest BCUT2D eigenvalue weighted by molar-refractivity contribution is 7.19. The van der Waals surface area contributed by atoms with Crippen LogP contribution in [0.25, 0.3) is 82.1 Å². The van der Waals surface area contributed by atoms with Crippen molar-refractivity contribution in [2.24, 2.45) is 0 Å². The molecule has 1 aliphatic carbocycles. The van der Waals surface area contributed by atoms with Crippen LogP contribution in [0.5, 0.6) is 0 Å². The van der Waals surface area contributed by atoms with Gasteiger partial charge in [-0.05, 0) is 110 Å². The fourth-order valence-electron chi connectivity index (χ4n) is 7.54. The van der Waals surface area contributed by atoms with Crippen molar-refractivity contribution in [2.75, 3.05) is 0 Å². The highest BCUT2D eigenvalue weighted by Crippen LogP contribution is 2.42. The molecule has 0 saturated heterocycles. The van der Waals surface area contributed by atoms with Crippen LogP contribution in [-0.2, 0) is 6.42 Å². The van der Waals surface area contributed by atoms with E-state index < -0.39 is 0 Å². The standard InChI is InChI=1S/C46H37N3S/c1-3-5-13-29(4-2)44-47-45(30-14-7-6-8-15-30)49-46(48-44)33-22-25-43-41(28-33)40-27-32(21-24-42(40)50-43)31-20-23-38-36-18-10-9-16-34(36)35-17-11-12-19-37(35)39(38)26-31/h6-21,23-24,26-28H,3-5,22,25H2,1-2H3/b29-13+. The number of rotatable bonds is 7. The van der Waals surface area contributed by atoms with Gasteiger partial charge in [-0.15, -0.1) is 11.3 Å². The number of hydrogen-bond acceptors (Lipinski definition) is 4. The summed E-state index contributed by atoms with van der Waals surface area (Å²) < 4.78 is 1.32. The monoisotopic (exact) mass is 663 g/mol. The SMILES string of the molecule is CCC/C=C(\CC)c1nc(C2=Cc3c(sc4ccc(-c5ccc6c7ccccc7c7ccccc7c6c5)cc34)CC2)nc(-c2ccccc2)n1. The lowest BCUT2D eigenvalue weighted by Crippen LogP contribution is -2.07. The summed E-state index contributed by atoms with van der Waals surface area (Å²) in [6, 6.07) is 41.9. The van der Waals surface area contributed by atoms with Crippen LogP contribution in [0.1, 0.15) is 61.6 Å². The Morgan fingerprint density at radius 3 is 1.92 bits per heavy atom. The normalized spacial score (nSPS) is 13.3. The molecule has 50 heavy (non-hydrogen) atoms. The molecule has 2 aromatic heterocycles. The fourth-order valence-corrected chi connectivity index (χ4v) is 8.70. The predicted octanol–water partition coefficient (Wildman–Crippen LogP) is 13.0. The zero-order valence-electron chi connectivity index (χ0n) is 28.4. The molecule has 2 heterocycles. The van der Waals surface area contributed by atoms with Gasteiger partial charge in [-0.2, -0.15) is 0 Å². The first-order valence-corrected chi connectivity index (χ1v) is 18.6. The summed E-state index contributed by atoms with van der Waals surface area (Å²) in [5, 5.41) is 9.11. The molecule has 0 amide bonds. The number of aryl methyl sites for hydroxylation is 1. The Balaban J connectivity index is 1.17. The third-order valence-electron chi connectivity index (χ3n) is 10.1. The molecule has 0 N–H and O–H groups in total. The average molecular weight is 664 g/mol. The van der Waals surface area contributed by atoms with E-state index >= 15 is 0 Å². The van der Waals surface area contributed by atoms with Crippen LogP contribution < -0.4 is 0 Å². The number of allylic oxidation sites excluding steroid dienone is 3. The van der Waals surface area contributed by atoms with E-state index in [0.717, 1.165) is 55.1 Å². The van der Waals surface area contributed by atoms with E-state index in [1.165, 1.54) is 75.1 Å². The summed E-state index contributed by atoms with van der Waals surface area (Å²) in [6.45, 7) is 4.40. The molecule has 0 bridgehead atoms. The van der Waals surface area contributed by atoms with E-state index in [-0.39, 0.29) is 0 Å². The van der Waals surface area contributed by atoms with E-state index in [4.69, 9.17) is 15.0 Å². The summed E-state index contributed by atoms with van der Waals surface area (Å²) in [7, 11) is 0. The number of fused-ring (bicyclic) bond motifs is 9. The minimum absolute atomic E-state index is 0.738. The molecule has 3 nitrogen and oxygen atoms in total. The second-order valence-electron chi connectivity index (χ2n) is 13.2. The first-order valence-electron chi connectivity index (χ1n) is 17.8. The molecule has 8 aromatic rings. The van der Waals surface area contributed by atoms with Crippen molar-refractivity contribution in [1.82, 2.24) is 15.0 Å². The van der Waals surface area contributed by atoms with Gasteiger partial charge in [0.2, 0.25) is 0 Å². The lowest BCUT2D eigenvalue weighted by molar-refractivity contribution is 0.929. The smallest absolute Gasteiger partial charge is 0.164 e. The third-order valence-corrected chi connectivity index (χ3v) is 11.4. The molecule has 4 heteroatoms. The van der Waals surface area contributed by atoms with Crippen molar-refractivity contribution in [1.29, 1.82) is 0 Å². The van der Waals surface area contributed by atoms with Gasteiger partial charge in [-0.3, -0.25) is 0 Å². The van der Waals surface area contributed by atoms with E-state index in [1.54, 1.807) is 0 Å². The Bertz CT molecular complexity index is 2610. The summed E-state index contributed by atoms with van der Waals surface area (Å²) in [5.41, 5.74) is 7.17. The number of aromatic nitrogens is 3. The summed E-state index contributed by atoms with van der Waals surface area (Å²) in [6.07, 6.45) is 9.56. The van der Waals surface area contributed by atoms with Gasteiger partial charge in [-0.1, -0.05) is 123 Å². The molecule has 0 atom stereocenters. The van der Waals surface area contributed by atoms with Gasteiger partial charge < -0.3 is 0 Å². The minimum Gasteiger partial charge on any atom is -0.209 e.